The number of carbonyl (C=O) groups excluding carboxylic acids is 1. The number of nitrogens with zero attached hydrogens (tertiary/aromatic N) is 4. The van der Waals surface area contributed by atoms with Gasteiger partial charge >= 0.3 is 0 Å². The van der Waals surface area contributed by atoms with Crippen LogP contribution in [0.15, 0.2) is 36.7 Å². The summed E-state index contributed by atoms with van der Waals surface area (Å²) in [4.78, 5) is 12.4. The Labute approximate surface area is 129 Å². The Bertz CT molecular complexity index is 590. The Morgan fingerprint density at radius 3 is 2.64 bits per heavy atom. The van der Waals surface area contributed by atoms with E-state index in [9.17, 15) is 4.79 Å². The van der Waals surface area contributed by atoms with Crippen molar-refractivity contribution < 1.29 is 4.79 Å². The maximum atomic E-state index is 12.4. The lowest BCUT2D eigenvalue weighted by Gasteiger charge is -2.36. The molecular weight excluding hydrogens is 278 g/mol. The molecule has 0 atom stereocenters. The quantitative estimate of drug-likeness (QED) is 0.921. The second kappa shape index (κ2) is 6.68. The first-order valence-corrected chi connectivity index (χ1v) is 7.82. The number of para-hydroxylation sites is 1. The van der Waals surface area contributed by atoms with Crippen LogP contribution in [0.1, 0.15) is 38.5 Å². The van der Waals surface area contributed by atoms with E-state index < -0.39 is 0 Å². The summed E-state index contributed by atoms with van der Waals surface area (Å²) >= 11 is 0. The molecule has 0 unspecified atom stereocenters. The number of benzene rings is 1. The van der Waals surface area contributed by atoms with E-state index in [2.05, 4.69) is 20.8 Å². The van der Waals surface area contributed by atoms with Crippen molar-refractivity contribution in [3.63, 3.8) is 0 Å². The van der Waals surface area contributed by atoms with Crippen molar-refractivity contribution in [3.05, 3.63) is 36.7 Å². The van der Waals surface area contributed by atoms with Crippen molar-refractivity contribution in [1.82, 2.24) is 20.2 Å². The third-order valence-corrected chi connectivity index (χ3v) is 4.40. The van der Waals surface area contributed by atoms with E-state index in [0.29, 0.717) is 13.0 Å². The fourth-order valence-corrected chi connectivity index (χ4v) is 3.36. The van der Waals surface area contributed by atoms with Gasteiger partial charge in [0.25, 0.3) is 0 Å². The molecule has 6 heteroatoms. The lowest BCUT2D eigenvalue weighted by atomic mass is 9.71. The largest absolute Gasteiger partial charge is 0.326 e. The van der Waals surface area contributed by atoms with Crippen LogP contribution in [0.2, 0.25) is 0 Å². The average Bonchev–Trinajstić information content (AvgIpc) is 3.01. The van der Waals surface area contributed by atoms with Gasteiger partial charge in [0.05, 0.1) is 6.54 Å². The molecule has 1 aromatic carbocycles. The number of tetrazole rings is 1. The Kier molecular flexibility index (Phi) is 4.46. The van der Waals surface area contributed by atoms with E-state index in [-0.39, 0.29) is 11.3 Å². The van der Waals surface area contributed by atoms with Crippen LogP contribution in [0, 0.1) is 5.41 Å². The summed E-state index contributed by atoms with van der Waals surface area (Å²) in [6, 6.07) is 9.61. The number of carbonyl (C=O) groups is 1. The molecule has 22 heavy (non-hydrogen) atoms. The topological polar surface area (TPSA) is 72.7 Å². The zero-order valence-electron chi connectivity index (χ0n) is 12.6. The predicted molar refractivity (Wildman–Crippen MR) is 83.0 cm³/mol. The summed E-state index contributed by atoms with van der Waals surface area (Å²) in [5.41, 5.74) is 0.813. The molecule has 1 aromatic heterocycles. The number of hydrogen-bond acceptors (Lipinski definition) is 4. The zero-order chi connectivity index (χ0) is 15.3. The molecule has 1 aliphatic carbocycles. The fourth-order valence-electron chi connectivity index (χ4n) is 3.36. The second-order valence-corrected chi connectivity index (χ2v) is 6.16. The first-order valence-electron chi connectivity index (χ1n) is 7.82. The van der Waals surface area contributed by atoms with Crippen LogP contribution >= 0.6 is 0 Å². The van der Waals surface area contributed by atoms with Gasteiger partial charge < -0.3 is 5.32 Å². The van der Waals surface area contributed by atoms with Gasteiger partial charge in [-0.25, -0.2) is 4.68 Å². The van der Waals surface area contributed by atoms with E-state index in [1.54, 1.807) is 11.0 Å². The van der Waals surface area contributed by atoms with Gasteiger partial charge in [-0.3, -0.25) is 4.79 Å². The summed E-state index contributed by atoms with van der Waals surface area (Å²) in [7, 11) is 0. The molecule has 1 N–H and O–H groups in total. The highest BCUT2D eigenvalue weighted by molar-refractivity contribution is 5.91. The maximum Gasteiger partial charge on any atom is 0.224 e. The molecule has 116 valence electrons. The predicted octanol–water partition coefficient (Wildman–Crippen LogP) is 2.65. The summed E-state index contributed by atoms with van der Waals surface area (Å²) in [6.45, 7) is 0.711. The normalized spacial score (nSPS) is 17.1. The summed E-state index contributed by atoms with van der Waals surface area (Å²) in [5, 5.41) is 14.4. The minimum absolute atomic E-state index is 0.0352. The van der Waals surface area contributed by atoms with Crippen LogP contribution in [0.5, 0.6) is 0 Å². The van der Waals surface area contributed by atoms with E-state index in [1.165, 1.54) is 19.3 Å². The molecule has 1 fully saturated rings. The lowest BCUT2D eigenvalue weighted by Crippen LogP contribution is -2.34. The van der Waals surface area contributed by atoms with Gasteiger partial charge in [-0.2, -0.15) is 0 Å². The first-order chi connectivity index (χ1) is 10.8. The van der Waals surface area contributed by atoms with E-state index >= 15 is 0 Å². The SMILES string of the molecule is O=C(CC1(Cn2cnnn2)CCCCC1)Nc1ccccc1. The molecule has 0 aliphatic heterocycles. The smallest absolute Gasteiger partial charge is 0.224 e. The van der Waals surface area contributed by atoms with Crippen molar-refractivity contribution in [1.29, 1.82) is 0 Å². The van der Waals surface area contributed by atoms with Crippen LogP contribution in [0.4, 0.5) is 5.69 Å². The molecule has 3 rings (SSSR count). The third kappa shape index (κ3) is 3.69. The molecule has 0 radical (unpaired) electrons. The van der Waals surface area contributed by atoms with Crippen molar-refractivity contribution in [2.75, 3.05) is 5.32 Å². The van der Waals surface area contributed by atoms with Gasteiger partial charge in [0.1, 0.15) is 6.33 Å². The highest BCUT2D eigenvalue weighted by Gasteiger charge is 2.35. The molecule has 2 aromatic rings. The number of anilines is 1. The average molecular weight is 299 g/mol. The van der Waals surface area contributed by atoms with Crippen molar-refractivity contribution in [2.45, 2.75) is 45.1 Å². The molecule has 1 amide bonds. The Hall–Kier alpha value is -2.24. The van der Waals surface area contributed by atoms with Crippen LogP contribution in [-0.2, 0) is 11.3 Å². The van der Waals surface area contributed by atoms with Crippen LogP contribution in [-0.4, -0.2) is 26.1 Å². The van der Waals surface area contributed by atoms with Crippen LogP contribution in [0.25, 0.3) is 0 Å². The second-order valence-electron chi connectivity index (χ2n) is 6.16. The molecule has 1 heterocycles. The first kappa shape index (κ1) is 14.7. The van der Waals surface area contributed by atoms with Gasteiger partial charge in [-0.1, -0.05) is 37.5 Å². The van der Waals surface area contributed by atoms with Crippen molar-refractivity contribution in [2.24, 2.45) is 5.41 Å². The van der Waals surface area contributed by atoms with E-state index in [0.717, 1.165) is 18.5 Å². The Morgan fingerprint density at radius 1 is 1.18 bits per heavy atom. The van der Waals surface area contributed by atoms with Gasteiger partial charge in [0.15, 0.2) is 0 Å². The standard InChI is InChI=1S/C16H21N5O/c22-15(18-14-7-3-1-4-8-14)11-16(9-5-2-6-10-16)12-21-13-17-19-20-21/h1,3-4,7-8,13H,2,5-6,9-12H2,(H,18,22). The highest BCUT2D eigenvalue weighted by Crippen LogP contribution is 2.40. The van der Waals surface area contributed by atoms with E-state index in [4.69, 9.17) is 0 Å². The summed E-state index contributed by atoms with van der Waals surface area (Å²) in [6.07, 6.45) is 7.83. The minimum atomic E-state index is -0.0352. The highest BCUT2D eigenvalue weighted by atomic mass is 16.1. The summed E-state index contributed by atoms with van der Waals surface area (Å²) < 4.78 is 1.75. The van der Waals surface area contributed by atoms with Crippen molar-refractivity contribution in [3.8, 4) is 0 Å². The maximum absolute atomic E-state index is 12.4. The Morgan fingerprint density at radius 2 is 1.95 bits per heavy atom. The molecule has 0 bridgehead atoms. The number of amides is 1. The number of nitrogens with one attached hydrogen (secondary N) is 1. The minimum Gasteiger partial charge on any atom is -0.326 e. The number of hydrogen-bond donors (Lipinski definition) is 1. The van der Waals surface area contributed by atoms with Gasteiger partial charge in [-0.05, 0) is 40.8 Å². The number of rotatable bonds is 5. The molecule has 1 aliphatic rings. The van der Waals surface area contributed by atoms with Gasteiger partial charge in [0, 0.05) is 12.1 Å². The Balaban J connectivity index is 1.68. The monoisotopic (exact) mass is 299 g/mol. The van der Waals surface area contributed by atoms with E-state index in [1.807, 2.05) is 30.3 Å². The third-order valence-electron chi connectivity index (χ3n) is 4.40. The zero-order valence-corrected chi connectivity index (χ0v) is 12.6. The van der Waals surface area contributed by atoms with Crippen LogP contribution < -0.4 is 5.32 Å². The van der Waals surface area contributed by atoms with Gasteiger partial charge in [-0.15, -0.1) is 5.10 Å². The molecular formula is C16H21N5O. The number of aromatic nitrogens is 4. The van der Waals surface area contributed by atoms with Crippen LogP contribution in [0.3, 0.4) is 0 Å². The summed E-state index contributed by atoms with van der Waals surface area (Å²) in [5.74, 6) is 0.0705. The molecule has 6 nitrogen and oxygen atoms in total. The van der Waals surface area contributed by atoms with Gasteiger partial charge in [0.2, 0.25) is 5.91 Å². The molecule has 0 saturated heterocycles. The fraction of sp³-hybridized carbons (Fsp3) is 0.500. The molecule has 1 saturated carbocycles. The lowest BCUT2D eigenvalue weighted by molar-refractivity contribution is -0.119. The molecule has 0 spiro atoms. The van der Waals surface area contributed by atoms with Crippen molar-refractivity contribution >= 4 is 11.6 Å².